The number of ether oxygens (including phenoxy) is 1. The summed E-state index contributed by atoms with van der Waals surface area (Å²) in [6, 6.07) is 7.90. The van der Waals surface area contributed by atoms with Crippen LogP contribution >= 0.6 is 11.3 Å². The Morgan fingerprint density at radius 1 is 1.10 bits per heavy atom. The van der Waals surface area contributed by atoms with E-state index in [1.165, 1.54) is 17.8 Å². The number of fused-ring (bicyclic) bond motifs is 3. The molecule has 6 N–H and O–H groups in total. The summed E-state index contributed by atoms with van der Waals surface area (Å²) in [5.41, 5.74) is 11.5. The monoisotopic (exact) mass is 822 g/mol. The average molecular weight is 823 g/mol. The summed E-state index contributed by atoms with van der Waals surface area (Å²) < 4.78 is 10.2. The van der Waals surface area contributed by atoms with Gasteiger partial charge in [0.1, 0.15) is 23.2 Å². The number of piperazine rings is 1. The van der Waals surface area contributed by atoms with E-state index in [0.717, 1.165) is 117 Å². The molecule has 5 aliphatic rings. The maximum atomic E-state index is 10.7. The van der Waals surface area contributed by atoms with Gasteiger partial charge in [0.25, 0.3) is 5.95 Å². The SMILES string of the molecule is CCC1CC2(Cn3ncc(C4=CC=C(N5CCC/C(=C(C)/C(N)=N\c6nc7ccccc7s6)C5=N)NC4=C(O)O)c3C)CC(C)CC(OCCN3CCN(C)CC3)(C1)C2. The van der Waals surface area contributed by atoms with Gasteiger partial charge in [0.05, 0.1) is 28.6 Å². The highest BCUT2D eigenvalue weighted by Gasteiger charge is 2.53. The molecule has 0 amide bonds. The van der Waals surface area contributed by atoms with Crippen LogP contribution in [0, 0.1) is 29.6 Å². The van der Waals surface area contributed by atoms with Gasteiger partial charge in [0, 0.05) is 68.2 Å². The van der Waals surface area contributed by atoms with Crippen molar-refractivity contribution in [1.82, 2.24) is 34.8 Å². The third kappa shape index (κ3) is 8.59. The number of aliphatic imine (C=N–C) groups is 1. The van der Waals surface area contributed by atoms with Crippen molar-refractivity contribution in [2.75, 3.05) is 52.9 Å². The normalized spacial score (nSPS) is 28.1. The molecule has 3 aliphatic heterocycles. The van der Waals surface area contributed by atoms with Crippen LogP contribution in [0.2, 0.25) is 0 Å². The Labute approximate surface area is 352 Å². The number of benzene rings is 1. The Hall–Kier alpha value is -4.50. The number of allylic oxidation sites excluding steroid dienone is 3. The van der Waals surface area contributed by atoms with Crippen LogP contribution in [-0.2, 0) is 11.3 Å². The Balaban J connectivity index is 1.00. The molecule has 3 aromatic rings. The number of aromatic nitrogens is 3. The summed E-state index contributed by atoms with van der Waals surface area (Å²) >= 11 is 1.48. The predicted molar refractivity (Wildman–Crippen MR) is 237 cm³/mol. The third-order valence-electron chi connectivity index (χ3n) is 13.6. The van der Waals surface area contributed by atoms with E-state index >= 15 is 0 Å². The van der Waals surface area contributed by atoms with E-state index < -0.39 is 5.95 Å². The molecular weight excluding hydrogens is 761 g/mol. The minimum atomic E-state index is -0.812. The first-order chi connectivity index (χ1) is 28.3. The molecule has 14 heteroatoms. The van der Waals surface area contributed by atoms with Crippen molar-refractivity contribution in [2.45, 2.75) is 91.2 Å². The Morgan fingerprint density at radius 2 is 1.90 bits per heavy atom. The summed E-state index contributed by atoms with van der Waals surface area (Å²) in [6.45, 7) is 16.3. The fourth-order valence-electron chi connectivity index (χ4n) is 10.8. The van der Waals surface area contributed by atoms with Gasteiger partial charge in [0.15, 0.2) is 0 Å². The molecule has 1 aromatic carbocycles. The van der Waals surface area contributed by atoms with Gasteiger partial charge < -0.3 is 35.8 Å². The number of thiazole rings is 1. The van der Waals surface area contributed by atoms with Gasteiger partial charge in [-0.05, 0) is 113 Å². The maximum absolute atomic E-state index is 10.7. The second kappa shape index (κ2) is 16.9. The van der Waals surface area contributed by atoms with Gasteiger partial charge in [-0.25, -0.2) is 9.98 Å². The van der Waals surface area contributed by atoms with E-state index in [4.69, 9.17) is 15.6 Å². The zero-order valence-electron chi connectivity index (χ0n) is 35.4. The molecule has 0 radical (unpaired) electrons. The number of amidine groups is 2. The fourth-order valence-corrected chi connectivity index (χ4v) is 11.6. The number of hydrogen-bond donors (Lipinski definition) is 5. The molecule has 59 heavy (non-hydrogen) atoms. The number of likely N-dealkylation sites (tertiary alicyclic amines) is 1. The molecule has 4 atom stereocenters. The second-order valence-corrected chi connectivity index (χ2v) is 19.0. The first kappa shape index (κ1) is 41.2. The lowest BCUT2D eigenvalue weighted by Crippen LogP contribution is -2.54. The molecule has 5 heterocycles. The van der Waals surface area contributed by atoms with Crippen molar-refractivity contribution in [2.24, 2.45) is 28.0 Å². The second-order valence-electron chi connectivity index (χ2n) is 18.0. The van der Waals surface area contributed by atoms with E-state index in [1.54, 1.807) is 0 Å². The highest BCUT2D eigenvalue weighted by molar-refractivity contribution is 7.22. The number of hydrogen-bond acceptors (Lipinski definition) is 11. The summed E-state index contributed by atoms with van der Waals surface area (Å²) in [6.07, 6.45) is 13.9. The van der Waals surface area contributed by atoms with Crippen LogP contribution < -0.4 is 11.1 Å². The van der Waals surface area contributed by atoms with Crippen molar-refractivity contribution in [3.63, 3.8) is 0 Å². The molecule has 2 saturated carbocycles. The van der Waals surface area contributed by atoms with Crippen LogP contribution in [0.4, 0.5) is 5.13 Å². The van der Waals surface area contributed by atoms with E-state index in [1.807, 2.05) is 54.4 Å². The Morgan fingerprint density at radius 3 is 2.66 bits per heavy atom. The van der Waals surface area contributed by atoms with Crippen molar-refractivity contribution < 1.29 is 14.9 Å². The van der Waals surface area contributed by atoms with E-state index in [2.05, 4.69) is 57.6 Å². The summed E-state index contributed by atoms with van der Waals surface area (Å²) in [4.78, 5) is 16.0. The number of aliphatic hydroxyl groups excluding tert-OH is 1. The third-order valence-corrected chi connectivity index (χ3v) is 14.5. The van der Waals surface area contributed by atoms with Crippen molar-refractivity contribution in [3.8, 4) is 0 Å². The summed E-state index contributed by atoms with van der Waals surface area (Å²) in [5.74, 6) is 1.57. The van der Waals surface area contributed by atoms with E-state index in [9.17, 15) is 15.6 Å². The van der Waals surface area contributed by atoms with Crippen LogP contribution in [0.3, 0.4) is 0 Å². The molecule has 0 spiro atoms. The van der Waals surface area contributed by atoms with Gasteiger partial charge in [-0.3, -0.25) is 15.0 Å². The zero-order valence-corrected chi connectivity index (χ0v) is 36.2. The quantitative estimate of drug-likeness (QED) is 0.0739. The summed E-state index contributed by atoms with van der Waals surface area (Å²) in [7, 11) is 2.20. The molecule has 2 saturated heterocycles. The number of nitrogens with two attached hydrogens (primary N) is 1. The minimum absolute atomic E-state index is 0.0724. The first-order valence-corrected chi connectivity index (χ1v) is 22.3. The first-order valence-electron chi connectivity index (χ1n) is 21.5. The minimum Gasteiger partial charge on any atom is -0.480 e. The molecule has 13 nitrogen and oxygen atoms in total. The van der Waals surface area contributed by atoms with E-state index in [0.29, 0.717) is 53.0 Å². The topological polar surface area (TPSA) is 164 Å². The molecule has 2 aliphatic carbocycles. The number of nitrogens with zero attached hydrogens (tertiary/aromatic N) is 7. The van der Waals surface area contributed by atoms with Crippen molar-refractivity contribution >= 4 is 43.9 Å². The smallest absolute Gasteiger partial charge is 0.299 e. The molecule has 4 unspecified atom stereocenters. The van der Waals surface area contributed by atoms with Crippen molar-refractivity contribution in [1.29, 1.82) is 5.41 Å². The van der Waals surface area contributed by atoms with Gasteiger partial charge in [-0.15, -0.1) is 0 Å². The standard InChI is InChI=1S/C45H62N10O3S/c1-6-32-24-44(22-29(2)23-45(25-32,27-44)58-21-20-53-18-16-52(5)17-19-53)28-55-31(4)35(26-48-55)34-13-14-38(50-39(34)42(56)57)54-15-9-10-33(41(54)47)30(3)40(46)51-43-49-36-11-7-8-12-37(36)59-43/h7-8,11-14,26,29,32,47,50,56-57H,6,9-10,15-25,27-28H2,1-5H3,(H2,46,49,51)/b33-30-,47-41?. The van der Waals surface area contributed by atoms with Crippen LogP contribution in [0.25, 0.3) is 15.8 Å². The van der Waals surface area contributed by atoms with Gasteiger partial charge >= 0.3 is 0 Å². The average Bonchev–Trinajstić information content (AvgIpc) is 3.79. The molecule has 2 bridgehead atoms. The molecule has 8 rings (SSSR count). The fraction of sp³-hybridized carbons (Fsp3) is 0.556. The molecule has 2 aromatic heterocycles. The van der Waals surface area contributed by atoms with Crippen LogP contribution in [0.15, 0.2) is 76.2 Å². The Bertz CT molecular complexity index is 2190. The lowest BCUT2D eigenvalue weighted by Gasteiger charge is -2.56. The molecular formula is C45H62N10O3S. The van der Waals surface area contributed by atoms with Gasteiger partial charge in [-0.1, -0.05) is 43.7 Å². The molecule has 316 valence electrons. The predicted octanol–water partition coefficient (Wildman–Crippen LogP) is 7.62. The highest BCUT2D eigenvalue weighted by Crippen LogP contribution is 2.57. The number of para-hydroxylation sites is 1. The number of rotatable bonds is 11. The van der Waals surface area contributed by atoms with Crippen LogP contribution in [0.5, 0.6) is 0 Å². The number of aliphatic hydroxyl groups is 2. The Kier molecular flexibility index (Phi) is 11.8. The maximum Gasteiger partial charge on any atom is 0.299 e. The van der Waals surface area contributed by atoms with Crippen LogP contribution in [-0.4, -0.2) is 110 Å². The molecule has 4 fully saturated rings. The van der Waals surface area contributed by atoms with E-state index in [-0.39, 0.29) is 16.7 Å². The highest BCUT2D eigenvalue weighted by atomic mass is 32.1. The summed E-state index contributed by atoms with van der Waals surface area (Å²) in [5, 5.41) is 39.5. The largest absolute Gasteiger partial charge is 0.480 e. The number of likely N-dealkylation sites (N-methyl/N-ethyl adjacent to an activating group) is 1. The number of piperidine rings is 1. The number of dihydropyridines is 1. The van der Waals surface area contributed by atoms with Gasteiger partial charge in [-0.2, -0.15) is 5.10 Å². The van der Waals surface area contributed by atoms with Crippen molar-refractivity contribution in [3.05, 3.63) is 82.5 Å². The lowest BCUT2D eigenvalue weighted by atomic mass is 9.54. The van der Waals surface area contributed by atoms with Gasteiger partial charge in [0.2, 0.25) is 5.13 Å². The number of nitrogens with one attached hydrogen (secondary N) is 2. The lowest BCUT2D eigenvalue weighted by molar-refractivity contribution is -0.167. The zero-order chi connectivity index (χ0) is 41.5. The van der Waals surface area contributed by atoms with Crippen LogP contribution in [0.1, 0.15) is 83.4 Å².